The third-order valence-electron chi connectivity index (χ3n) is 3.37. The van der Waals surface area contributed by atoms with Gasteiger partial charge in [0.15, 0.2) is 5.17 Å². The van der Waals surface area contributed by atoms with E-state index in [4.69, 9.17) is 0 Å². The molecule has 2 aromatic carbocycles. The third kappa shape index (κ3) is 3.40. The minimum atomic E-state index is -3.90. The zero-order valence-electron chi connectivity index (χ0n) is 12.6. The van der Waals surface area contributed by atoms with Crippen LogP contribution < -0.4 is 4.90 Å². The van der Waals surface area contributed by atoms with Crippen molar-refractivity contribution in [1.29, 1.82) is 0 Å². The Morgan fingerprint density at radius 1 is 1.08 bits per heavy atom. The van der Waals surface area contributed by atoms with Gasteiger partial charge in [0, 0.05) is 4.47 Å². The van der Waals surface area contributed by atoms with E-state index in [1.54, 1.807) is 43.3 Å². The maximum Gasteiger partial charge on any atom is 0.284 e. The highest BCUT2D eigenvalue weighted by Gasteiger charge is 2.37. The Kier molecular flexibility index (Phi) is 4.80. The fraction of sp³-hybridized carbons (Fsp3) is 0.125. The van der Waals surface area contributed by atoms with Gasteiger partial charge in [0.25, 0.3) is 10.0 Å². The highest BCUT2D eigenvalue weighted by molar-refractivity contribution is 9.10. The Labute approximate surface area is 153 Å². The summed E-state index contributed by atoms with van der Waals surface area (Å²) in [5.41, 5.74) is 0.601. The summed E-state index contributed by atoms with van der Waals surface area (Å²) in [7, 11) is -3.90. The summed E-state index contributed by atoms with van der Waals surface area (Å²) in [6.45, 7) is 1.73. The molecule has 0 N–H and O–H groups in total. The molecule has 8 heteroatoms. The van der Waals surface area contributed by atoms with Crippen LogP contribution in [0.1, 0.15) is 6.92 Å². The van der Waals surface area contributed by atoms with Gasteiger partial charge in [0.1, 0.15) is 0 Å². The van der Waals surface area contributed by atoms with Crippen molar-refractivity contribution in [1.82, 2.24) is 0 Å². The Morgan fingerprint density at radius 2 is 1.71 bits per heavy atom. The third-order valence-corrected chi connectivity index (χ3v) is 6.33. The van der Waals surface area contributed by atoms with Crippen molar-refractivity contribution in [3.05, 3.63) is 59.1 Å². The van der Waals surface area contributed by atoms with Crippen LogP contribution in [-0.4, -0.2) is 24.7 Å². The summed E-state index contributed by atoms with van der Waals surface area (Å²) in [4.78, 5) is 13.8. The fourth-order valence-electron chi connectivity index (χ4n) is 2.18. The van der Waals surface area contributed by atoms with Crippen molar-refractivity contribution in [3.8, 4) is 0 Å². The molecule has 1 heterocycles. The average Bonchev–Trinajstić information content (AvgIpc) is 2.82. The number of amides is 1. The number of anilines is 1. The maximum absolute atomic E-state index is 12.5. The summed E-state index contributed by atoms with van der Waals surface area (Å²) in [5.74, 6) is -0.184. The molecule has 1 amide bonds. The molecule has 0 unspecified atom stereocenters. The summed E-state index contributed by atoms with van der Waals surface area (Å²) in [6, 6.07) is 15.1. The van der Waals surface area contributed by atoms with E-state index in [0.717, 1.165) is 16.2 Å². The van der Waals surface area contributed by atoms with E-state index in [1.165, 1.54) is 17.0 Å². The first-order valence-electron chi connectivity index (χ1n) is 7.05. The summed E-state index contributed by atoms with van der Waals surface area (Å²) < 4.78 is 29.8. The minimum absolute atomic E-state index is 0.0822. The lowest BCUT2D eigenvalue weighted by Crippen LogP contribution is -2.31. The van der Waals surface area contributed by atoms with Gasteiger partial charge >= 0.3 is 0 Å². The highest BCUT2D eigenvalue weighted by atomic mass is 79.9. The quantitative estimate of drug-likeness (QED) is 0.753. The number of amidine groups is 1. The molecule has 1 aliphatic heterocycles. The SMILES string of the molecule is C[C@@H]1SC(=NS(=O)(=O)c2ccc(Br)cc2)N(c2ccccc2)C1=O. The van der Waals surface area contributed by atoms with Gasteiger partial charge in [-0.3, -0.25) is 9.69 Å². The highest BCUT2D eigenvalue weighted by Crippen LogP contribution is 2.32. The molecule has 1 saturated heterocycles. The van der Waals surface area contributed by atoms with E-state index in [1.807, 2.05) is 6.07 Å². The molecule has 0 spiro atoms. The van der Waals surface area contributed by atoms with Gasteiger partial charge in [-0.1, -0.05) is 45.9 Å². The second kappa shape index (κ2) is 6.70. The number of carbonyl (C=O) groups is 1. The molecular weight excluding hydrogens is 412 g/mol. The van der Waals surface area contributed by atoms with Gasteiger partial charge in [0.2, 0.25) is 5.91 Å². The molecule has 0 aliphatic carbocycles. The van der Waals surface area contributed by atoms with Crippen LogP contribution in [0.4, 0.5) is 5.69 Å². The minimum Gasteiger partial charge on any atom is -0.273 e. The van der Waals surface area contributed by atoms with Crippen LogP contribution in [0.15, 0.2) is 68.4 Å². The molecule has 1 atom stereocenters. The lowest BCUT2D eigenvalue weighted by Gasteiger charge is -2.15. The molecule has 5 nitrogen and oxygen atoms in total. The number of halogens is 1. The number of benzene rings is 2. The lowest BCUT2D eigenvalue weighted by atomic mass is 10.3. The first-order valence-corrected chi connectivity index (χ1v) is 10.2. The molecule has 0 aromatic heterocycles. The fourth-order valence-corrected chi connectivity index (χ4v) is 4.60. The largest absolute Gasteiger partial charge is 0.284 e. The smallest absolute Gasteiger partial charge is 0.273 e. The van der Waals surface area contributed by atoms with E-state index in [-0.39, 0.29) is 21.2 Å². The number of nitrogens with zero attached hydrogens (tertiary/aromatic N) is 2. The number of sulfonamides is 1. The maximum atomic E-state index is 12.5. The van der Waals surface area contributed by atoms with E-state index in [0.29, 0.717) is 5.69 Å². The Bertz CT molecular complexity index is 897. The van der Waals surface area contributed by atoms with Gasteiger partial charge in [-0.05, 0) is 43.3 Å². The number of para-hydroxylation sites is 1. The Balaban J connectivity index is 2.04. The average molecular weight is 425 g/mol. The van der Waals surface area contributed by atoms with Crippen molar-refractivity contribution in [2.45, 2.75) is 17.1 Å². The van der Waals surface area contributed by atoms with Crippen molar-refractivity contribution in [2.24, 2.45) is 4.40 Å². The summed E-state index contributed by atoms with van der Waals surface area (Å²) >= 11 is 4.41. The van der Waals surface area contributed by atoms with Crippen LogP contribution in [-0.2, 0) is 14.8 Å². The molecule has 1 fully saturated rings. The van der Waals surface area contributed by atoms with E-state index >= 15 is 0 Å². The summed E-state index contributed by atoms with van der Waals surface area (Å²) in [5, 5.41) is -0.217. The Morgan fingerprint density at radius 3 is 2.33 bits per heavy atom. The van der Waals surface area contributed by atoms with Crippen molar-refractivity contribution in [2.75, 3.05) is 4.90 Å². The van der Waals surface area contributed by atoms with Crippen LogP contribution in [0, 0.1) is 0 Å². The predicted octanol–water partition coefficient (Wildman–Crippen LogP) is 3.66. The topological polar surface area (TPSA) is 66.8 Å². The van der Waals surface area contributed by atoms with Crippen LogP contribution in [0.3, 0.4) is 0 Å². The molecule has 2 aromatic rings. The molecule has 124 valence electrons. The van der Waals surface area contributed by atoms with Gasteiger partial charge in [-0.15, -0.1) is 4.40 Å². The van der Waals surface area contributed by atoms with Gasteiger partial charge in [-0.2, -0.15) is 8.42 Å². The van der Waals surface area contributed by atoms with E-state index in [2.05, 4.69) is 20.3 Å². The van der Waals surface area contributed by atoms with E-state index < -0.39 is 10.0 Å². The van der Waals surface area contributed by atoms with Crippen molar-refractivity contribution >= 4 is 54.5 Å². The van der Waals surface area contributed by atoms with Crippen LogP contribution >= 0.6 is 27.7 Å². The summed E-state index contributed by atoms with van der Waals surface area (Å²) in [6.07, 6.45) is 0. The second-order valence-electron chi connectivity index (χ2n) is 5.07. The molecule has 3 rings (SSSR count). The van der Waals surface area contributed by atoms with E-state index in [9.17, 15) is 13.2 Å². The van der Waals surface area contributed by atoms with Gasteiger partial charge in [0.05, 0.1) is 15.8 Å². The van der Waals surface area contributed by atoms with Crippen LogP contribution in [0.5, 0.6) is 0 Å². The molecule has 0 bridgehead atoms. The number of hydrogen-bond donors (Lipinski definition) is 0. The Hall–Kier alpha value is -1.64. The first-order chi connectivity index (χ1) is 11.4. The molecule has 24 heavy (non-hydrogen) atoms. The zero-order valence-corrected chi connectivity index (χ0v) is 15.8. The van der Waals surface area contributed by atoms with Crippen molar-refractivity contribution < 1.29 is 13.2 Å². The number of hydrogen-bond acceptors (Lipinski definition) is 4. The van der Waals surface area contributed by atoms with Crippen LogP contribution in [0.25, 0.3) is 0 Å². The lowest BCUT2D eigenvalue weighted by molar-refractivity contribution is -0.116. The molecular formula is C16H13BrN2O3S2. The van der Waals surface area contributed by atoms with Gasteiger partial charge in [-0.25, -0.2) is 0 Å². The normalized spacial score (nSPS) is 19.9. The van der Waals surface area contributed by atoms with Crippen LogP contribution in [0.2, 0.25) is 0 Å². The number of thioether (sulfide) groups is 1. The second-order valence-corrected chi connectivity index (χ2v) is 8.90. The zero-order chi connectivity index (χ0) is 17.3. The first kappa shape index (κ1) is 17.2. The predicted molar refractivity (Wildman–Crippen MR) is 99.7 cm³/mol. The molecule has 0 radical (unpaired) electrons. The molecule has 0 saturated carbocycles. The monoisotopic (exact) mass is 424 g/mol. The number of rotatable bonds is 3. The molecule has 1 aliphatic rings. The van der Waals surface area contributed by atoms with Crippen molar-refractivity contribution in [3.63, 3.8) is 0 Å². The standard InChI is InChI=1S/C16H13BrN2O3S2/c1-11-15(20)19(13-5-3-2-4-6-13)16(23-11)18-24(21,22)14-9-7-12(17)8-10-14/h2-11H,1H3/t11-/m0/s1. The van der Waals surface area contributed by atoms with Gasteiger partial charge < -0.3 is 0 Å². The number of carbonyl (C=O) groups excluding carboxylic acids is 1.